The predicted molar refractivity (Wildman–Crippen MR) is 76.6 cm³/mol. The number of sulfonamides is 1. The number of carbonyl (C=O) groups is 1. The van der Waals surface area contributed by atoms with E-state index in [0.29, 0.717) is 4.88 Å². The Kier molecular flexibility index (Phi) is 4.16. The highest BCUT2D eigenvalue weighted by atomic mass is 32.2. The first-order valence-electron chi connectivity index (χ1n) is 5.69. The summed E-state index contributed by atoms with van der Waals surface area (Å²) in [7, 11) is -3.76. The van der Waals surface area contributed by atoms with Crippen molar-refractivity contribution < 1.29 is 23.4 Å². The topological polar surface area (TPSA) is 130 Å². The van der Waals surface area contributed by atoms with E-state index in [1.54, 1.807) is 0 Å². The van der Waals surface area contributed by atoms with Crippen molar-refractivity contribution in [1.29, 1.82) is 0 Å². The Bertz CT molecular complexity index is 762. The minimum Gasteiger partial charge on any atom is -0.507 e. The van der Waals surface area contributed by atoms with Crippen molar-refractivity contribution in [3.8, 4) is 11.5 Å². The lowest BCUT2D eigenvalue weighted by Crippen LogP contribution is -2.22. The van der Waals surface area contributed by atoms with Crippen LogP contribution >= 0.6 is 11.3 Å². The second-order valence-corrected chi connectivity index (χ2v) is 7.08. The van der Waals surface area contributed by atoms with Crippen LogP contribution in [0.4, 0.5) is 0 Å². The van der Waals surface area contributed by atoms with Crippen molar-refractivity contribution in [2.45, 2.75) is 10.8 Å². The van der Waals surface area contributed by atoms with Crippen molar-refractivity contribution in [3.05, 3.63) is 40.8 Å². The maximum Gasteiger partial charge on any atom is 0.259 e. The zero-order valence-corrected chi connectivity index (χ0v) is 12.2. The van der Waals surface area contributed by atoms with Gasteiger partial charge in [0.05, 0.1) is 6.54 Å². The first-order valence-corrected chi connectivity index (χ1v) is 8.06. The molecule has 0 atom stereocenters. The van der Waals surface area contributed by atoms with Crippen LogP contribution in [-0.2, 0) is 16.6 Å². The lowest BCUT2D eigenvalue weighted by atomic mass is 10.1. The Morgan fingerprint density at radius 3 is 2.33 bits per heavy atom. The summed E-state index contributed by atoms with van der Waals surface area (Å²) >= 11 is 0.933. The molecule has 1 amide bonds. The molecule has 0 saturated carbocycles. The molecule has 0 saturated heterocycles. The number of primary sulfonamides is 1. The van der Waals surface area contributed by atoms with Crippen LogP contribution in [-0.4, -0.2) is 24.5 Å². The van der Waals surface area contributed by atoms with Crippen LogP contribution in [0.25, 0.3) is 0 Å². The number of nitrogens with two attached hydrogens (primary N) is 1. The molecule has 112 valence electrons. The van der Waals surface area contributed by atoms with Gasteiger partial charge in [0.25, 0.3) is 5.91 Å². The van der Waals surface area contributed by atoms with Crippen LogP contribution < -0.4 is 10.5 Å². The van der Waals surface area contributed by atoms with Gasteiger partial charge in [0.2, 0.25) is 10.0 Å². The molecule has 9 heteroatoms. The van der Waals surface area contributed by atoms with E-state index in [-0.39, 0.29) is 27.8 Å². The van der Waals surface area contributed by atoms with E-state index >= 15 is 0 Å². The molecule has 0 spiro atoms. The number of phenolic OH excluding ortho intramolecular Hbond substituents is 2. The van der Waals surface area contributed by atoms with E-state index in [9.17, 15) is 23.4 Å². The zero-order chi connectivity index (χ0) is 15.6. The first kappa shape index (κ1) is 15.3. The van der Waals surface area contributed by atoms with Gasteiger partial charge in [0.1, 0.15) is 21.3 Å². The molecule has 0 aliphatic heterocycles. The van der Waals surface area contributed by atoms with Gasteiger partial charge >= 0.3 is 0 Å². The molecule has 0 unspecified atom stereocenters. The molecule has 2 rings (SSSR count). The number of phenols is 2. The Hall–Kier alpha value is -2.10. The van der Waals surface area contributed by atoms with Gasteiger partial charge in [-0.25, -0.2) is 13.6 Å². The van der Waals surface area contributed by atoms with Crippen LogP contribution in [0.1, 0.15) is 15.2 Å². The van der Waals surface area contributed by atoms with Gasteiger partial charge in [0.15, 0.2) is 0 Å². The molecule has 0 aliphatic rings. The number of aromatic hydroxyl groups is 2. The summed E-state index contributed by atoms with van der Waals surface area (Å²) in [6, 6.07) is 6.82. The summed E-state index contributed by atoms with van der Waals surface area (Å²) in [6.07, 6.45) is 0. The second-order valence-electron chi connectivity index (χ2n) is 4.12. The summed E-state index contributed by atoms with van der Waals surface area (Å²) in [5.74, 6) is -1.36. The summed E-state index contributed by atoms with van der Waals surface area (Å²) in [6.45, 7) is 0.0484. The third kappa shape index (κ3) is 3.51. The number of nitrogens with one attached hydrogen (secondary N) is 1. The lowest BCUT2D eigenvalue weighted by molar-refractivity contribution is 0.0946. The van der Waals surface area contributed by atoms with Gasteiger partial charge in [0, 0.05) is 4.88 Å². The predicted octanol–water partition coefficient (Wildman–Crippen LogP) is 0.737. The maximum atomic E-state index is 11.9. The van der Waals surface area contributed by atoms with Crippen LogP contribution in [0.15, 0.2) is 34.5 Å². The quantitative estimate of drug-likeness (QED) is 0.657. The Morgan fingerprint density at radius 1 is 1.19 bits per heavy atom. The fourth-order valence-corrected chi connectivity index (χ4v) is 3.34. The molecule has 7 nitrogen and oxygen atoms in total. The molecule has 1 aromatic carbocycles. The van der Waals surface area contributed by atoms with Gasteiger partial charge in [-0.2, -0.15) is 0 Å². The highest BCUT2D eigenvalue weighted by Gasteiger charge is 2.16. The molecule has 0 radical (unpaired) electrons. The Morgan fingerprint density at radius 2 is 1.81 bits per heavy atom. The lowest BCUT2D eigenvalue weighted by Gasteiger charge is -2.07. The van der Waals surface area contributed by atoms with E-state index in [2.05, 4.69) is 5.32 Å². The van der Waals surface area contributed by atoms with E-state index < -0.39 is 15.9 Å². The van der Waals surface area contributed by atoms with Crippen molar-refractivity contribution in [1.82, 2.24) is 5.32 Å². The Balaban J connectivity index is 2.10. The molecule has 0 aliphatic carbocycles. The largest absolute Gasteiger partial charge is 0.507 e. The van der Waals surface area contributed by atoms with Crippen molar-refractivity contribution in [3.63, 3.8) is 0 Å². The first-order chi connectivity index (χ1) is 9.79. The fourth-order valence-electron chi connectivity index (χ4n) is 1.62. The molecule has 0 bridgehead atoms. The smallest absolute Gasteiger partial charge is 0.259 e. The molecule has 21 heavy (non-hydrogen) atoms. The molecular weight excluding hydrogens is 316 g/mol. The van der Waals surface area contributed by atoms with Gasteiger partial charge in [-0.1, -0.05) is 6.07 Å². The summed E-state index contributed by atoms with van der Waals surface area (Å²) in [4.78, 5) is 12.5. The highest BCUT2D eigenvalue weighted by Crippen LogP contribution is 2.26. The zero-order valence-electron chi connectivity index (χ0n) is 10.6. The molecule has 1 aromatic heterocycles. The minimum absolute atomic E-state index is 0.00263. The molecule has 0 fully saturated rings. The van der Waals surface area contributed by atoms with Gasteiger partial charge < -0.3 is 15.5 Å². The van der Waals surface area contributed by atoms with Crippen LogP contribution in [0.3, 0.4) is 0 Å². The monoisotopic (exact) mass is 328 g/mol. The molecular formula is C12H12N2O5S2. The van der Waals surface area contributed by atoms with Crippen LogP contribution in [0.2, 0.25) is 0 Å². The van der Waals surface area contributed by atoms with Crippen molar-refractivity contribution in [2.24, 2.45) is 5.14 Å². The molecule has 5 N–H and O–H groups in total. The number of hydrogen-bond donors (Lipinski definition) is 4. The molecule has 2 aromatic rings. The van der Waals surface area contributed by atoms with Crippen molar-refractivity contribution in [2.75, 3.05) is 0 Å². The standard InChI is InChI=1S/C12H12N2O5S2/c13-21(18,19)10-5-4-7(20-10)6-14-12(17)11-8(15)2-1-3-9(11)16/h1-5,15-16H,6H2,(H,14,17)(H2,13,18,19). The SMILES string of the molecule is NS(=O)(=O)c1ccc(CNC(=O)c2c(O)cccc2O)s1. The third-order valence-corrected chi connectivity index (χ3v) is 5.11. The minimum atomic E-state index is -3.76. The number of hydrogen-bond acceptors (Lipinski definition) is 6. The number of carbonyl (C=O) groups excluding carboxylic acids is 1. The van der Waals surface area contributed by atoms with E-state index in [4.69, 9.17) is 5.14 Å². The average Bonchev–Trinajstić information content (AvgIpc) is 2.84. The van der Waals surface area contributed by atoms with Gasteiger partial charge in [-0.3, -0.25) is 4.79 Å². The summed E-state index contributed by atoms with van der Waals surface area (Å²) < 4.78 is 22.3. The Labute approximate surface area is 124 Å². The van der Waals surface area contributed by atoms with Crippen LogP contribution in [0, 0.1) is 0 Å². The van der Waals surface area contributed by atoms with Gasteiger partial charge in [-0.05, 0) is 24.3 Å². The van der Waals surface area contributed by atoms with E-state index in [1.165, 1.54) is 30.3 Å². The molecule has 1 heterocycles. The number of thiophene rings is 1. The summed E-state index contributed by atoms with van der Waals surface area (Å²) in [5, 5.41) is 26.6. The number of rotatable bonds is 4. The maximum absolute atomic E-state index is 11.9. The summed E-state index contributed by atoms with van der Waals surface area (Å²) in [5.41, 5.74) is -0.235. The van der Waals surface area contributed by atoms with E-state index in [1.807, 2.05) is 0 Å². The van der Waals surface area contributed by atoms with E-state index in [0.717, 1.165) is 11.3 Å². The van der Waals surface area contributed by atoms with Crippen LogP contribution in [0.5, 0.6) is 11.5 Å². The normalized spacial score (nSPS) is 11.3. The number of amides is 1. The third-order valence-electron chi connectivity index (χ3n) is 2.59. The number of benzene rings is 1. The average molecular weight is 328 g/mol. The van der Waals surface area contributed by atoms with Crippen molar-refractivity contribution >= 4 is 27.3 Å². The highest BCUT2D eigenvalue weighted by molar-refractivity contribution is 7.91. The fraction of sp³-hybridized carbons (Fsp3) is 0.0833. The second kappa shape index (κ2) is 5.72. The van der Waals surface area contributed by atoms with Gasteiger partial charge in [-0.15, -0.1) is 11.3 Å².